The number of fused-ring (bicyclic) bond motifs is 5. The number of rotatable bonds is 0. The summed E-state index contributed by atoms with van der Waals surface area (Å²) in [6.45, 7) is 2.32. The molecule has 2 bridgehead atoms. The Balaban J connectivity index is 1.94. The average molecular weight is 224 g/mol. The third-order valence-corrected chi connectivity index (χ3v) is 5.43. The minimum absolute atomic E-state index is 0.526. The lowest BCUT2D eigenvalue weighted by atomic mass is 9.62. The standard InChI is InChI=1S/C17H20/c1-12-4-2-5-14-6-3-9-17(16(12)14)11-13-7-8-15(17)10-13/h2,4-5,7-8,13,15H,3,6,9-11H2,1H3. The fraction of sp³-hybridized carbons (Fsp3) is 0.529. The Labute approximate surface area is 104 Å². The molecule has 0 nitrogen and oxygen atoms in total. The van der Waals surface area contributed by atoms with Crippen LogP contribution in [0.1, 0.15) is 42.4 Å². The van der Waals surface area contributed by atoms with Crippen molar-refractivity contribution >= 4 is 0 Å². The van der Waals surface area contributed by atoms with Crippen LogP contribution in [-0.4, -0.2) is 0 Å². The van der Waals surface area contributed by atoms with Crippen LogP contribution in [0.15, 0.2) is 30.4 Å². The van der Waals surface area contributed by atoms with Crippen LogP contribution in [0.3, 0.4) is 0 Å². The summed E-state index contributed by atoms with van der Waals surface area (Å²) in [4.78, 5) is 0. The van der Waals surface area contributed by atoms with Gasteiger partial charge in [-0.1, -0.05) is 30.4 Å². The van der Waals surface area contributed by atoms with E-state index in [1.54, 1.807) is 16.7 Å². The molecule has 0 N–H and O–H groups in total. The number of aryl methyl sites for hydroxylation is 2. The molecule has 0 saturated heterocycles. The molecule has 1 spiro atoms. The molecule has 1 aromatic rings. The minimum atomic E-state index is 0.526. The van der Waals surface area contributed by atoms with Crippen LogP contribution >= 0.6 is 0 Å². The molecule has 0 aliphatic heterocycles. The summed E-state index contributed by atoms with van der Waals surface area (Å²) in [6, 6.07) is 6.94. The summed E-state index contributed by atoms with van der Waals surface area (Å²) < 4.78 is 0. The van der Waals surface area contributed by atoms with Gasteiger partial charge in [0.25, 0.3) is 0 Å². The smallest absolute Gasteiger partial charge is 0.00270 e. The van der Waals surface area contributed by atoms with Gasteiger partial charge in [-0.2, -0.15) is 0 Å². The molecule has 1 saturated carbocycles. The van der Waals surface area contributed by atoms with Gasteiger partial charge in [-0.25, -0.2) is 0 Å². The molecule has 3 aliphatic carbocycles. The van der Waals surface area contributed by atoms with Gasteiger partial charge in [0.1, 0.15) is 0 Å². The Morgan fingerprint density at radius 3 is 2.94 bits per heavy atom. The highest BCUT2D eigenvalue weighted by atomic mass is 14.5. The van der Waals surface area contributed by atoms with E-state index in [1.807, 2.05) is 0 Å². The first-order valence-corrected chi connectivity index (χ1v) is 7.07. The van der Waals surface area contributed by atoms with Crippen molar-refractivity contribution in [3.63, 3.8) is 0 Å². The first-order chi connectivity index (χ1) is 8.29. The van der Waals surface area contributed by atoms with E-state index in [0.29, 0.717) is 5.41 Å². The normalized spacial score (nSPS) is 37.7. The number of allylic oxidation sites excluding steroid dienone is 2. The van der Waals surface area contributed by atoms with E-state index >= 15 is 0 Å². The maximum atomic E-state index is 2.52. The van der Waals surface area contributed by atoms with Gasteiger partial charge in [-0.3, -0.25) is 0 Å². The molecule has 0 heterocycles. The Hall–Kier alpha value is -1.04. The van der Waals surface area contributed by atoms with E-state index in [9.17, 15) is 0 Å². The third-order valence-electron chi connectivity index (χ3n) is 5.43. The Morgan fingerprint density at radius 1 is 1.24 bits per heavy atom. The fourth-order valence-corrected chi connectivity index (χ4v) is 4.90. The number of benzene rings is 1. The summed E-state index contributed by atoms with van der Waals surface area (Å²) in [7, 11) is 0. The van der Waals surface area contributed by atoms with Crippen molar-refractivity contribution in [1.29, 1.82) is 0 Å². The molecule has 17 heavy (non-hydrogen) atoms. The van der Waals surface area contributed by atoms with Crippen LogP contribution in [0.2, 0.25) is 0 Å². The summed E-state index contributed by atoms with van der Waals surface area (Å²) >= 11 is 0. The quantitative estimate of drug-likeness (QED) is 0.580. The fourth-order valence-electron chi connectivity index (χ4n) is 4.90. The molecule has 1 fully saturated rings. The van der Waals surface area contributed by atoms with Gasteiger partial charge in [0, 0.05) is 5.41 Å². The van der Waals surface area contributed by atoms with Gasteiger partial charge in [0.2, 0.25) is 0 Å². The zero-order chi connectivity index (χ0) is 11.5. The van der Waals surface area contributed by atoms with Gasteiger partial charge in [0.15, 0.2) is 0 Å². The minimum Gasteiger partial charge on any atom is -0.0851 e. The van der Waals surface area contributed by atoms with Gasteiger partial charge in [0.05, 0.1) is 0 Å². The van der Waals surface area contributed by atoms with Crippen molar-refractivity contribution in [2.24, 2.45) is 11.8 Å². The molecule has 3 aliphatic rings. The second kappa shape index (κ2) is 3.25. The predicted octanol–water partition coefficient (Wildman–Crippen LogP) is 4.17. The van der Waals surface area contributed by atoms with Crippen LogP contribution < -0.4 is 0 Å². The zero-order valence-electron chi connectivity index (χ0n) is 10.6. The Bertz CT molecular complexity index is 497. The van der Waals surface area contributed by atoms with Crippen molar-refractivity contribution < 1.29 is 0 Å². The molecule has 0 aromatic heterocycles. The van der Waals surface area contributed by atoms with Crippen LogP contribution in [0, 0.1) is 18.8 Å². The lowest BCUT2D eigenvalue weighted by Crippen LogP contribution is -2.35. The summed E-state index contributed by atoms with van der Waals surface area (Å²) in [5.74, 6) is 1.72. The van der Waals surface area contributed by atoms with Crippen molar-refractivity contribution in [2.75, 3.05) is 0 Å². The number of hydrogen-bond donors (Lipinski definition) is 0. The predicted molar refractivity (Wildman–Crippen MR) is 71.1 cm³/mol. The van der Waals surface area contributed by atoms with E-state index in [2.05, 4.69) is 37.3 Å². The second-order valence-electron chi connectivity index (χ2n) is 6.31. The maximum absolute atomic E-state index is 2.52. The first-order valence-electron chi connectivity index (χ1n) is 7.07. The molecular weight excluding hydrogens is 204 g/mol. The van der Waals surface area contributed by atoms with Gasteiger partial charge in [-0.15, -0.1) is 0 Å². The number of hydrogen-bond acceptors (Lipinski definition) is 0. The van der Waals surface area contributed by atoms with Gasteiger partial charge >= 0.3 is 0 Å². The van der Waals surface area contributed by atoms with E-state index in [-0.39, 0.29) is 0 Å². The SMILES string of the molecule is Cc1cccc2c1C1(CCC2)CC2C=CC1C2. The van der Waals surface area contributed by atoms with Crippen LogP contribution in [0.5, 0.6) is 0 Å². The largest absolute Gasteiger partial charge is 0.0851 e. The molecule has 88 valence electrons. The van der Waals surface area contributed by atoms with Crippen LogP contribution in [0.4, 0.5) is 0 Å². The van der Waals surface area contributed by atoms with Gasteiger partial charge in [-0.05, 0) is 67.6 Å². The van der Waals surface area contributed by atoms with E-state index in [0.717, 1.165) is 11.8 Å². The van der Waals surface area contributed by atoms with E-state index in [1.165, 1.54) is 32.1 Å². The van der Waals surface area contributed by atoms with E-state index in [4.69, 9.17) is 0 Å². The summed E-state index contributed by atoms with van der Waals surface area (Å²) in [5.41, 5.74) is 5.46. The zero-order valence-corrected chi connectivity index (χ0v) is 10.6. The summed E-state index contributed by atoms with van der Waals surface area (Å²) in [6.07, 6.45) is 12.0. The third kappa shape index (κ3) is 1.19. The highest BCUT2D eigenvalue weighted by Gasteiger charge is 2.51. The van der Waals surface area contributed by atoms with Crippen molar-refractivity contribution in [1.82, 2.24) is 0 Å². The van der Waals surface area contributed by atoms with Crippen molar-refractivity contribution in [2.45, 2.75) is 44.4 Å². The molecule has 1 aromatic carbocycles. The molecule has 3 unspecified atom stereocenters. The molecular formula is C17H20. The lowest BCUT2D eigenvalue weighted by Gasteiger charge is -2.42. The van der Waals surface area contributed by atoms with Crippen LogP contribution in [0.25, 0.3) is 0 Å². The topological polar surface area (TPSA) is 0 Å². The summed E-state index contributed by atoms with van der Waals surface area (Å²) in [5, 5.41) is 0. The Morgan fingerprint density at radius 2 is 2.18 bits per heavy atom. The molecule has 0 radical (unpaired) electrons. The van der Waals surface area contributed by atoms with E-state index < -0.39 is 0 Å². The highest BCUT2D eigenvalue weighted by molar-refractivity contribution is 5.46. The first kappa shape index (κ1) is 9.94. The second-order valence-corrected chi connectivity index (χ2v) is 6.31. The molecule has 0 amide bonds. The maximum Gasteiger partial charge on any atom is 0.00270 e. The average Bonchev–Trinajstić information content (AvgIpc) is 2.90. The van der Waals surface area contributed by atoms with Crippen molar-refractivity contribution in [3.8, 4) is 0 Å². The molecule has 3 atom stereocenters. The Kier molecular flexibility index (Phi) is 1.90. The molecule has 4 rings (SSSR count). The van der Waals surface area contributed by atoms with Crippen molar-refractivity contribution in [3.05, 3.63) is 47.0 Å². The van der Waals surface area contributed by atoms with Crippen LogP contribution in [-0.2, 0) is 11.8 Å². The lowest BCUT2D eigenvalue weighted by molar-refractivity contribution is 0.302. The molecule has 0 heteroatoms. The monoisotopic (exact) mass is 224 g/mol. The highest BCUT2D eigenvalue weighted by Crippen LogP contribution is 2.58. The van der Waals surface area contributed by atoms with Gasteiger partial charge < -0.3 is 0 Å².